The van der Waals surface area contributed by atoms with E-state index in [1.807, 2.05) is 25.1 Å². The Kier molecular flexibility index (Phi) is 5.22. The second-order valence-corrected chi connectivity index (χ2v) is 9.61. The molecule has 0 aromatic heterocycles. The molecule has 7 heteroatoms. The van der Waals surface area contributed by atoms with Crippen LogP contribution >= 0.6 is 27.5 Å². The van der Waals surface area contributed by atoms with Crippen LogP contribution in [0, 0.1) is 30.6 Å². The number of rotatable bonds is 5. The first-order valence-corrected chi connectivity index (χ1v) is 11.4. The van der Waals surface area contributed by atoms with Crippen molar-refractivity contribution in [3.63, 3.8) is 0 Å². The van der Waals surface area contributed by atoms with Crippen LogP contribution in [0.3, 0.4) is 0 Å². The molecular weight excluding hydrogens is 480 g/mol. The van der Waals surface area contributed by atoms with Gasteiger partial charge in [-0.2, -0.15) is 10.1 Å². The van der Waals surface area contributed by atoms with Gasteiger partial charge < -0.3 is 4.74 Å². The second kappa shape index (κ2) is 7.92. The maximum atomic E-state index is 12.9. The van der Waals surface area contributed by atoms with E-state index in [4.69, 9.17) is 16.3 Å². The minimum Gasteiger partial charge on any atom is -0.487 e. The monoisotopic (exact) mass is 498 g/mol. The number of hydrogen-bond acceptors (Lipinski definition) is 4. The summed E-state index contributed by atoms with van der Waals surface area (Å²) < 4.78 is 6.73. The average molecular weight is 500 g/mol. The fourth-order valence-corrected chi connectivity index (χ4v) is 5.85. The third kappa shape index (κ3) is 3.62. The van der Waals surface area contributed by atoms with Gasteiger partial charge in [0.1, 0.15) is 12.4 Å². The van der Waals surface area contributed by atoms with Gasteiger partial charge in [0.05, 0.1) is 22.5 Å². The second-order valence-electron chi connectivity index (χ2n) is 8.32. The van der Waals surface area contributed by atoms with Crippen molar-refractivity contribution in [2.45, 2.75) is 20.0 Å². The van der Waals surface area contributed by atoms with Crippen molar-refractivity contribution in [1.29, 1.82) is 0 Å². The van der Waals surface area contributed by atoms with Crippen LogP contribution in [0.25, 0.3) is 0 Å². The summed E-state index contributed by atoms with van der Waals surface area (Å²) in [5.41, 5.74) is 2.77. The summed E-state index contributed by atoms with van der Waals surface area (Å²) in [4.78, 5) is 25.7. The van der Waals surface area contributed by atoms with Crippen LogP contribution in [-0.4, -0.2) is 23.0 Å². The van der Waals surface area contributed by atoms with E-state index in [0.717, 1.165) is 22.6 Å². The van der Waals surface area contributed by atoms with E-state index in [1.165, 1.54) is 6.21 Å². The van der Waals surface area contributed by atoms with Crippen LogP contribution in [0.1, 0.15) is 23.1 Å². The molecule has 31 heavy (non-hydrogen) atoms. The lowest BCUT2D eigenvalue weighted by atomic mass is 9.85. The largest absolute Gasteiger partial charge is 0.487 e. The summed E-state index contributed by atoms with van der Waals surface area (Å²) in [5.74, 6) is -0.125. The Morgan fingerprint density at radius 3 is 2.55 bits per heavy atom. The third-order valence-corrected chi connectivity index (χ3v) is 7.07. The predicted molar refractivity (Wildman–Crippen MR) is 122 cm³/mol. The molecule has 2 aliphatic carbocycles. The third-order valence-electron chi connectivity index (χ3n) is 6.26. The maximum Gasteiger partial charge on any atom is 0.254 e. The number of hydrazone groups is 1. The Hall–Kier alpha value is -2.44. The van der Waals surface area contributed by atoms with Crippen molar-refractivity contribution >= 4 is 45.6 Å². The van der Waals surface area contributed by atoms with Crippen LogP contribution in [0.2, 0.25) is 5.02 Å². The number of hydrogen-bond donors (Lipinski definition) is 0. The van der Waals surface area contributed by atoms with E-state index in [1.54, 1.807) is 12.1 Å². The quantitative estimate of drug-likeness (QED) is 0.325. The molecule has 2 bridgehead atoms. The van der Waals surface area contributed by atoms with Crippen molar-refractivity contribution in [2.75, 3.05) is 0 Å². The molecular formula is C24H20BrClN2O3. The number of halogens is 2. The van der Waals surface area contributed by atoms with E-state index < -0.39 is 0 Å². The van der Waals surface area contributed by atoms with Gasteiger partial charge in [0.2, 0.25) is 0 Å². The average Bonchev–Trinajstić information content (AvgIpc) is 3.40. The fourth-order valence-electron chi connectivity index (χ4n) is 4.91. The molecule has 1 saturated heterocycles. The maximum absolute atomic E-state index is 12.9. The molecule has 2 aromatic rings. The van der Waals surface area contributed by atoms with Crippen molar-refractivity contribution < 1.29 is 14.3 Å². The lowest BCUT2D eigenvalue weighted by molar-refractivity contribution is -0.140. The molecule has 2 fully saturated rings. The van der Waals surface area contributed by atoms with Gasteiger partial charge in [0.25, 0.3) is 11.8 Å². The van der Waals surface area contributed by atoms with Crippen molar-refractivity contribution in [3.8, 4) is 5.75 Å². The lowest BCUT2D eigenvalue weighted by Gasteiger charge is -2.14. The number of carbonyl (C=O) groups excluding carboxylic acids is 2. The van der Waals surface area contributed by atoms with Gasteiger partial charge in [-0.05, 0) is 58.8 Å². The van der Waals surface area contributed by atoms with Crippen LogP contribution in [0.15, 0.2) is 58.1 Å². The smallest absolute Gasteiger partial charge is 0.254 e. The first-order chi connectivity index (χ1) is 14.9. The number of carbonyl (C=O) groups is 2. The number of ether oxygens (including phenoxy) is 1. The Morgan fingerprint density at radius 1 is 1.16 bits per heavy atom. The van der Waals surface area contributed by atoms with Gasteiger partial charge in [-0.1, -0.05) is 53.6 Å². The Labute approximate surface area is 193 Å². The zero-order valence-corrected chi connectivity index (χ0v) is 19.1. The molecule has 3 aliphatic rings. The number of aryl methyl sites for hydroxylation is 1. The first-order valence-electron chi connectivity index (χ1n) is 10.2. The zero-order chi connectivity index (χ0) is 21.7. The zero-order valence-electron chi connectivity index (χ0n) is 16.8. The highest BCUT2D eigenvalue weighted by molar-refractivity contribution is 9.10. The Bertz CT molecular complexity index is 1120. The summed E-state index contributed by atoms with van der Waals surface area (Å²) in [7, 11) is 0. The van der Waals surface area contributed by atoms with E-state index >= 15 is 0 Å². The van der Waals surface area contributed by atoms with Crippen LogP contribution < -0.4 is 4.74 Å². The minimum atomic E-state index is -0.275. The number of fused-ring (bicyclic) bond motifs is 5. The standard InChI is InChI=1S/C24H20BrClN2O3/c1-13-3-2-4-14(7-13)12-31-22-17(9-18(26)10-19(22)25)11-27-28-23(29)20-15-5-6-16(8-15)21(20)24(28)30/h2-7,9-11,15-16,20-21H,8,12H2,1H3. The number of allylic oxidation sites excluding steroid dienone is 2. The number of benzene rings is 2. The van der Waals surface area contributed by atoms with E-state index in [2.05, 4.69) is 39.2 Å². The van der Waals surface area contributed by atoms with E-state index in [0.29, 0.717) is 27.4 Å². The van der Waals surface area contributed by atoms with Crippen molar-refractivity contribution in [1.82, 2.24) is 5.01 Å². The van der Waals surface area contributed by atoms with Gasteiger partial charge in [-0.25, -0.2) is 0 Å². The topological polar surface area (TPSA) is 59.0 Å². The minimum absolute atomic E-state index is 0.153. The summed E-state index contributed by atoms with van der Waals surface area (Å²) in [6.45, 7) is 2.39. The molecule has 2 amide bonds. The van der Waals surface area contributed by atoms with Crippen molar-refractivity contribution in [2.24, 2.45) is 28.8 Å². The summed E-state index contributed by atoms with van der Waals surface area (Å²) in [6, 6.07) is 11.5. The molecule has 1 heterocycles. The Morgan fingerprint density at radius 2 is 1.87 bits per heavy atom. The van der Waals surface area contributed by atoms with Gasteiger partial charge in [0.15, 0.2) is 0 Å². The molecule has 5 nitrogen and oxygen atoms in total. The highest BCUT2D eigenvalue weighted by atomic mass is 79.9. The van der Waals surface area contributed by atoms with Crippen molar-refractivity contribution in [3.05, 3.63) is 74.7 Å². The van der Waals surface area contributed by atoms with Crippen LogP contribution in [0.4, 0.5) is 0 Å². The van der Waals surface area contributed by atoms with Gasteiger partial charge >= 0.3 is 0 Å². The molecule has 0 radical (unpaired) electrons. The molecule has 5 rings (SSSR count). The molecule has 158 valence electrons. The SMILES string of the molecule is Cc1cccc(COc2c(Br)cc(Cl)cc2C=NN2C(=O)C3C4C=CC(C4)C3C2=O)c1. The number of nitrogens with zero attached hydrogens (tertiary/aromatic N) is 2. The Balaban J connectivity index is 1.39. The predicted octanol–water partition coefficient (Wildman–Crippen LogP) is 5.13. The van der Waals surface area contributed by atoms with E-state index in [9.17, 15) is 9.59 Å². The molecule has 0 N–H and O–H groups in total. The summed E-state index contributed by atoms with van der Waals surface area (Å²) >= 11 is 9.73. The number of amides is 2. The normalized spacial score (nSPS) is 26.4. The molecule has 1 saturated carbocycles. The lowest BCUT2D eigenvalue weighted by Crippen LogP contribution is -2.28. The molecule has 0 spiro atoms. The summed E-state index contributed by atoms with van der Waals surface area (Å²) in [6.07, 6.45) is 6.50. The number of imide groups is 1. The van der Waals surface area contributed by atoms with Crippen LogP contribution in [-0.2, 0) is 16.2 Å². The molecule has 2 aromatic carbocycles. The van der Waals surface area contributed by atoms with E-state index in [-0.39, 0.29) is 35.5 Å². The van der Waals surface area contributed by atoms with Gasteiger partial charge in [-0.3, -0.25) is 9.59 Å². The van der Waals surface area contributed by atoms with Crippen LogP contribution in [0.5, 0.6) is 5.75 Å². The molecule has 4 unspecified atom stereocenters. The van der Waals surface area contributed by atoms with Gasteiger partial charge in [-0.15, -0.1) is 0 Å². The fraction of sp³-hybridized carbons (Fsp3) is 0.292. The molecule has 4 atom stereocenters. The highest BCUT2D eigenvalue weighted by Gasteiger charge is 2.59. The first kappa shape index (κ1) is 20.5. The highest BCUT2D eigenvalue weighted by Crippen LogP contribution is 2.52. The summed E-state index contributed by atoms with van der Waals surface area (Å²) in [5, 5.41) is 5.79. The van der Waals surface area contributed by atoms with Gasteiger partial charge in [0, 0.05) is 10.6 Å². The molecule has 1 aliphatic heterocycles.